The van der Waals surface area contributed by atoms with Gasteiger partial charge in [-0.1, -0.05) is 6.92 Å². The van der Waals surface area contributed by atoms with Crippen molar-refractivity contribution in [3.8, 4) is 0 Å². The number of pyridine rings is 1. The van der Waals surface area contributed by atoms with Crippen molar-refractivity contribution < 1.29 is 9.90 Å². The standard InChI is InChI=1S/C15H22N2O3/c1-10-3-5-15(20,6-4-10)9-17-14(19)12-8-16-11(2)7-13(12)18/h7-8,10,20H,3-6,9H2,1-2H3,(H,16,18)(H,17,19). The predicted molar refractivity (Wildman–Crippen MR) is 76.7 cm³/mol. The Morgan fingerprint density at radius 3 is 2.75 bits per heavy atom. The van der Waals surface area contributed by atoms with Crippen molar-refractivity contribution in [3.63, 3.8) is 0 Å². The Hall–Kier alpha value is -1.62. The number of aliphatic hydroxyl groups is 1. The molecular formula is C15H22N2O3. The number of nitrogens with one attached hydrogen (secondary N) is 2. The third kappa shape index (κ3) is 3.48. The van der Waals surface area contributed by atoms with Crippen molar-refractivity contribution in [1.29, 1.82) is 0 Å². The summed E-state index contributed by atoms with van der Waals surface area (Å²) in [6.07, 6.45) is 4.74. The van der Waals surface area contributed by atoms with E-state index in [1.54, 1.807) is 6.92 Å². The van der Waals surface area contributed by atoms with Crippen LogP contribution in [0.3, 0.4) is 0 Å². The minimum absolute atomic E-state index is 0.0865. The zero-order valence-corrected chi connectivity index (χ0v) is 12.0. The van der Waals surface area contributed by atoms with Crippen molar-refractivity contribution >= 4 is 5.91 Å². The highest BCUT2D eigenvalue weighted by atomic mass is 16.3. The van der Waals surface area contributed by atoms with Crippen LogP contribution in [0.25, 0.3) is 0 Å². The second-order valence-electron chi connectivity index (χ2n) is 5.98. The number of aromatic nitrogens is 1. The zero-order valence-electron chi connectivity index (χ0n) is 12.0. The summed E-state index contributed by atoms with van der Waals surface area (Å²) >= 11 is 0. The fourth-order valence-electron chi connectivity index (χ4n) is 2.57. The van der Waals surface area contributed by atoms with E-state index >= 15 is 0 Å². The topological polar surface area (TPSA) is 82.2 Å². The zero-order chi connectivity index (χ0) is 14.8. The predicted octanol–water partition coefficient (Wildman–Crippen LogP) is 1.35. The molecule has 1 aromatic heterocycles. The lowest BCUT2D eigenvalue weighted by Crippen LogP contribution is -2.45. The molecule has 1 aliphatic rings. The largest absolute Gasteiger partial charge is 0.388 e. The van der Waals surface area contributed by atoms with E-state index < -0.39 is 11.5 Å². The summed E-state index contributed by atoms with van der Waals surface area (Å²) in [7, 11) is 0. The molecule has 3 N–H and O–H groups in total. The molecule has 1 heterocycles. The molecule has 0 aromatic carbocycles. The Balaban J connectivity index is 1.97. The lowest BCUT2D eigenvalue weighted by Gasteiger charge is -2.34. The van der Waals surface area contributed by atoms with Gasteiger partial charge < -0.3 is 15.4 Å². The van der Waals surface area contributed by atoms with Gasteiger partial charge in [-0.25, -0.2) is 0 Å². The maximum Gasteiger partial charge on any atom is 0.256 e. The molecule has 2 rings (SSSR count). The van der Waals surface area contributed by atoms with Crippen molar-refractivity contribution in [1.82, 2.24) is 10.3 Å². The highest BCUT2D eigenvalue weighted by molar-refractivity contribution is 5.93. The number of rotatable bonds is 3. The lowest BCUT2D eigenvalue weighted by atomic mass is 9.79. The van der Waals surface area contributed by atoms with E-state index in [2.05, 4.69) is 17.2 Å². The summed E-state index contributed by atoms with van der Waals surface area (Å²) < 4.78 is 0. The summed E-state index contributed by atoms with van der Waals surface area (Å²) in [6.45, 7) is 4.13. The van der Waals surface area contributed by atoms with Gasteiger partial charge in [-0.05, 0) is 38.5 Å². The molecule has 20 heavy (non-hydrogen) atoms. The van der Waals surface area contributed by atoms with Gasteiger partial charge in [0.1, 0.15) is 5.56 Å². The number of H-pyrrole nitrogens is 1. The van der Waals surface area contributed by atoms with E-state index in [9.17, 15) is 14.7 Å². The van der Waals surface area contributed by atoms with Crippen molar-refractivity contribution in [3.05, 3.63) is 33.7 Å². The minimum Gasteiger partial charge on any atom is -0.388 e. The van der Waals surface area contributed by atoms with Crippen LogP contribution in [0.1, 0.15) is 48.7 Å². The molecule has 0 bridgehead atoms. The Bertz CT molecular complexity index is 542. The Kier molecular flexibility index (Phi) is 4.28. The fourth-order valence-corrected chi connectivity index (χ4v) is 2.57. The molecule has 5 heteroatoms. The van der Waals surface area contributed by atoms with Gasteiger partial charge in [0, 0.05) is 24.5 Å². The van der Waals surface area contributed by atoms with E-state index in [1.165, 1.54) is 12.3 Å². The van der Waals surface area contributed by atoms with Gasteiger partial charge in [-0.2, -0.15) is 0 Å². The van der Waals surface area contributed by atoms with E-state index in [-0.39, 0.29) is 17.5 Å². The molecule has 0 saturated heterocycles. The number of aryl methyl sites for hydroxylation is 1. The number of carbonyl (C=O) groups excluding carboxylic acids is 1. The molecule has 1 fully saturated rings. The second kappa shape index (κ2) is 5.79. The Labute approximate surface area is 118 Å². The quantitative estimate of drug-likeness (QED) is 0.780. The van der Waals surface area contributed by atoms with Crippen LogP contribution < -0.4 is 10.7 Å². The first kappa shape index (κ1) is 14.8. The normalized spacial score (nSPS) is 26.2. The molecule has 0 unspecified atom stereocenters. The summed E-state index contributed by atoms with van der Waals surface area (Å²) in [5.74, 6) is 0.198. The summed E-state index contributed by atoms with van der Waals surface area (Å²) in [5, 5.41) is 13.1. The average Bonchev–Trinajstić information content (AvgIpc) is 2.40. The molecule has 110 valence electrons. The van der Waals surface area contributed by atoms with Crippen LogP contribution in [0.4, 0.5) is 0 Å². The van der Waals surface area contributed by atoms with Crippen LogP contribution >= 0.6 is 0 Å². The van der Waals surface area contributed by atoms with E-state index in [0.29, 0.717) is 24.5 Å². The average molecular weight is 278 g/mol. The van der Waals surface area contributed by atoms with Gasteiger partial charge in [-0.15, -0.1) is 0 Å². The summed E-state index contributed by atoms with van der Waals surface area (Å²) in [6, 6.07) is 1.39. The highest BCUT2D eigenvalue weighted by Crippen LogP contribution is 2.31. The molecule has 0 radical (unpaired) electrons. The third-order valence-electron chi connectivity index (χ3n) is 4.08. The molecule has 1 aromatic rings. The van der Waals surface area contributed by atoms with Gasteiger partial charge in [0.05, 0.1) is 5.60 Å². The van der Waals surface area contributed by atoms with Crippen LogP contribution in [0.15, 0.2) is 17.1 Å². The number of hydrogen-bond acceptors (Lipinski definition) is 3. The summed E-state index contributed by atoms with van der Waals surface area (Å²) in [5.41, 5.74) is -0.336. The first-order valence-electron chi connectivity index (χ1n) is 7.09. The van der Waals surface area contributed by atoms with Crippen LogP contribution in [0, 0.1) is 12.8 Å². The first-order valence-corrected chi connectivity index (χ1v) is 7.09. The monoisotopic (exact) mass is 278 g/mol. The number of aromatic amines is 1. The van der Waals surface area contributed by atoms with Crippen molar-refractivity contribution in [2.24, 2.45) is 5.92 Å². The van der Waals surface area contributed by atoms with Gasteiger partial charge in [0.2, 0.25) is 0 Å². The molecule has 1 aliphatic carbocycles. The number of carbonyl (C=O) groups is 1. The molecule has 0 spiro atoms. The molecule has 1 saturated carbocycles. The van der Waals surface area contributed by atoms with Crippen LogP contribution in [-0.4, -0.2) is 28.1 Å². The Morgan fingerprint density at radius 2 is 2.15 bits per heavy atom. The number of hydrogen-bond donors (Lipinski definition) is 3. The van der Waals surface area contributed by atoms with Crippen LogP contribution in [-0.2, 0) is 0 Å². The van der Waals surface area contributed by atoms with E-state index in [0.717, 1.165) is 12.8 Å². The Morgan fingerprint density at radius 1 is 1.50 bits per heavy atom. The molecular weight excluding hydrogens is 256 g/mol. The lowest BCUT2D eigenvalue weighted by molar-refractivity contribution is -0.00541. The van der Waals surface area contributed by atoms with Crippen molar-refractivity contribution in [2.75, 3.05) is 6.54 Å². The maximum atomic E-state index is 12.0. The third-order valence-corrected chi connectivity index (χ3v) is 4.08. The molecule has 0 aliphatic heterocycles. The smallest absolute Gasteiger partial charge is 0.256 e. The molecule has 1 amide bonds. The van der Waals surface area contributed by atoms with Gasteiger partial charge in [-0.3, -0.25) is 9.59 Å². The minimum atomic E-state index is -0.834. The second-order valence-corrected chi connectivity index (χ2v) is 5.98. The van der Waals surface area contributed by atoms with Gasteiger partial charge in [0.15, 0.2) is 5.43 Å². The van der Waals surface area contributed by atoms with Gasteiger partial charge >= 0.3 is 0 Å². The maximum absolute atomic E-state index is 12.0. The summed E-state index contributed by atoms with van der Waals surface area (Å²) in [4.78, 5) is 26.5. The van der Waals surface area contributed by atoms with Crippen LogP contribution in [0.5, 0.6) is 0 Å². The van der Waals surface area contributed by atoms with E-state index in [4.69, 9.17) is 0 Å². The van der Waals surface area contributed by atoms with Gasteiger partial charge in [0.25, 0.3) is 5.91 Å². The fraction of sp³-hybridized carbons (Fsp3) is 0.600. The number of amides is 1. The van der Waals surface area contributed by atoms with E-state index in [1.807, 2.05) is 0 Å². The SMILES string of the molecule is Cc1cc(=O)c(C(=O)NCC2(O)CCC(C)CC2)c[nH]1. The highest BCUT2D eigenvalue weighted by Gasteiger charge is 2.32. The molecule has 0 atom stereocenters. The first-order chi connectivity index (χ1) is 9.39. The van der Waals surface area contributed by atoms with Crippen molar-refractivity contribution in [2.45, 2.75) is 45.1 Å². The van der Waals surface area contributed by atoms with Crippen LogP contribution in [0.2, 0.25) is 0 Å². The molecule has 5 nitrogen and oxygen atoms in total.